The van der Waals surface area contributed by atoms with Crippen LogP contribution in [0.5, 0.6) is 0 Å². The van der Waals surface area contributed by atoms with E-state index >= 15 is 0 Å². The van der Waals surface area contributed by atoms with Crippen molar-refractivity contribution in [2.45, 2.75) is 24.7 Å². The maximum Gasteiger partial charge on any atom is 0.255 e. The Morgan fingerprint density at radius 2 is 1.85 bits per heavy atom. The first-order valence-electron chi connectivity index (χ1n) is 8.08. The molecule has 0 atom stereocenters. The van der Waals surface area contributed by atoms with Crippen molar-refractivity contribution in [2.24, 2.45) is 0 Å². The van der Waals surface area contributed by atoms with Crippen LogP contribution in [0.2, 0.25) is 0 Å². The highest BCUT2D eigenvalue weighted by Gasteiger charge is 2.21. The monoisotopic (exact) mass is 382 g/mol. The Hall–Kier alpha value is -2.32. The van der Waals surface area contributed by atoms with Gasteiger partial charge in [0.15, 0.2) is 11.6 Å². The Bertz CT molecular complexity index is 901. The van der Waals surface area contributed by atoms with Gasteiger partial charge >= 0.3 is 0 Å². The van der Waals surface area contributed by atoms with Gasteiger partial charge in [-0.1, -0.05) is 19.4 Å². The third-order valence-corrected chi connectivity index (χ3v) is 5.66. The van der Waals surface area contributed by atoms with Gasteiger partial charge in [-0.2, -0.15) is 0 Å². The Morgan fingerprint density at radius 1 is 1.12 bits per heavy atom. The van der Waals surface area contributed by atoms with Crippen LogP contribution in [0.25, 0.3) is 0 Å². The molecule has 0 unspecified atom stereocenters. The molecule has 2 aromatic rings. The minimum atomic E-state index is -3.71. The van der Waals surface area contributed by atoms with Crippen molar-refractivity contribution >= 4 is 21.6 Å². The fraction of sp³-hybridized carbons (Fsp3) is 0.278. The van der Waals surface area contributed by atoms with Gasteiger partial charge in [-0.25, -0.2) is 21.5 Å². The average molecular weight is 382 g/mol. The van der Waals surface area contributed by atoms with E-state index in [1.54, 1.807) is 0 Å². The number of hydrogen-bond donors (Lipinski definition) is 1. The summed E-state index contributed by atoms with van der Waals surface area (Å²) in [5.41, 5.74) is 0.168. The largest absolute Gasteiger partial charge is 0.322 e. The molecule has 0 heterocycles. The first-order valence-corrected chi connectivity index (χ1v) is 9.52. The molecule has 0 saturated carbocycles. The zero-order valence-electron chi connectivity index (χ0n) is 14.5. The molecule has 2 rings (SSSR count). The minimum Gasteiger partial charge on any atom is -0.322 e. The molecule has 0 aliphatic rings. The molecule has 26 heavy (non-hydrogen) atoms. The van der Waals surface area contributed by atoms with E-state index in [4.69, 9.17) is 0 Å². The smallest absolute Gasteiger partial charge is 0.255 e. The molecule has 0 bridgehead atoms. The normalized spacial score (nSPS) is 11.6. The summed E-state index contributed by atoms with van der Waals surface area (Å²) < 4.78 is 52.5. The van der Waals surface area contributed by atoms with Gasteiger partial charge in [0, 0.05) is 30.9 Å². The van der Waals surface area contributed by atoms with Crippen LogP contribution in [-0.4, -0.2) is 32.2 Å². The predicted octanol–water partition coefficient (Wildman–Crippen LogP) is 3.64. The number of hydrogen-bond acceptors (Lipinski definition) is 3. The van der Waals surface area contributed by atoms with Crippen molar-refractivity contribution in [1.29, 1.82) is 0 Å². The number of rotatable bonds is 7. The summed E-state index contributed by atoms with van der Waals surface area (Å²) in [6.07, 6.45) is 1.59. The lowest BCUT2D eigenvalue weighted by atomic mass is 10.2. The molecule has 1 amide bonds. The van der Waals surface area contributed by atoms with Crippen LogP contribution in [0, 0.1) is 11.6 Å². The number of halogens is 2. The first kappa shape index (κ1) is 20.0. The standard InChI is InChI=1S/C18H20F2N2O3S/c1-3-4-10-22(2)26(24,25)15-7-5-6-13(11-15)18(23)21-14-8-9-16(19)17(20)12-14/h5-9,11-12H,3-4,10H2,1-2H3,(H,21,23). The Balaban J connectivity index is 2.22. The lowest BCUT2D eigenvalue weighted by Crippen LogP contribution is -2.28. The van der Waals surface area contributed by atoms with Crippen molar-refractivity contribution in [2.75, 3.05) is 18.9 Å². The minimum absolute atomic E-state index is 0.00552. The third kappa shape index (κ3) is 4.64. The van der Waals surface area contributed by atoms with Gasteiger partial charge in [-0.3, -0.25) is 4.79 Å². The molecule has 2 aromatic carbocycles. The average Bonchev–Trinajstić information content (AvgIpc) is 2.62. The fourth-order valence-corrected chi connectivity index (χ4v) is 3.51. The molecule has 5 nitrogen and oxygen atoms in total. The van der Waals surface area contributed by atoms with Crippen LogP contribution >= 0.6 is 0 Å². The van der Waals surface area contributed by atoms with Crippen molar-refractivity contribution in [3.8, 4) is 0 Å². The lowest BCUT2D eigenvalue weighted by molar-refractivity contribution is 0.102. The first-order chi connectivity index (χ1) is 12.3. The fourth-order valence-electron chi connectivity index (χ4n) is 2.26. The maximum atomic E-state index is 13.2. The second kappa shape index (κ2) is 8.37. The Labute approximate surface area is 151 Å². The number of carbonyl (C=O) groups is 1. The molecule has 0 aliphatic carbocycles. The Kier molecular flexibility index (Phi) is 6.44. The molecular formula is C18H20F2N2O3S. The van der Waals surface area contributed by atoms with E-state index in [-0.39, 0.29) is 16.1 Å². The van der Waals surface area contributed by atoms with E-state index in [1.165, 1.54) is 41.7 Å². The van der Waals surface area contributed by atoms with E-state index in [0.29, 0.717) is 6.54 Å². The molecule has 140 valence electrons. The zero-order valence-corrected chi connectivity index (χ0v) is 15.3. The van der Waals surface area contributed by atoms with Crippen molar-refractivity contribution in [3.05, 3.63) is 59.7 Å². The number of benzene rings is 2. The highest BCUT2D eigenvalue weighted by atomic mass is 32.2. The molecule has 0 saturated heterocycles. The van der Waals surface area contributed by atoms with Gasteiger partial charge in [-0.05, 0) is 36.8 Å². The van der Waals surface area contributed by atoms with Gasteiger partial charge in [0.1, 0.15) is 0 Å². The van der Waals surface area contributed by atoms with Crippen LogP contribution in [-0.2, 0) is 10.0 Å². The molecule has 0 aliphatic heterocycles. The summed E-state index contributed by atoms with van der Waals surface area (Å²) in [6, 6.07) is 8.54. The van der Waals surface area contributed by atoms with Crippen molar-refractivity contribution in [3.63, 3.8) is 0 Å². The number of nitrogens with zero attached hydrogens (tertiary/aromatic N) is 1. The van der Waals surface area contributed by atoms with E-state index in [9.17, 15) is 22.0 Å². The molecular weight excluding hydrogens is 362 g/mol. The van der Waals surface area contributed by atoms with Gasteiger partial charge < -0.3 is 5.32 Å². The van der Waals surface area contributed by atoms with E-state index in [0.717, 1.165) is 25.0 Å². The van der Waals surface area contributed by atoms with Gasteiger partial charge in [0.05, 0.1) is 4.90 Å². The summed E-state index contributed by atoms with van der Waals surface area (Å²) in [6.45, 7) is 2.34. The predicted molar refractivity (Wildman–Crippen MR) is 95.5 cm³/mol. The molecule has 0 aromatic heterocycles. The number of unbranched alkanes of at least 4 members (excludes halogenated alkanes) is 1. The van der Waals surface area contributed by atoms with Crippen LogP contribution in [0.4, 0.5) is 14.5 Å². The molecule has 0 fully saturated rings. The summed E-state index contributed by atoms with van der Waals surface area (Å²) >= 11 is 0. The number of anilines is 1. The molecule has 0 radical (unpaired) electrons. The second-order valence-corrected chi connectivity index (χ2v) is 7.84. The number of sulfonamides is 1. The van der Waals surface area contributed by atoms with E-state index in [1.807, 2.05) is 6.92 Å². The number of nitrogens with one attached hydrogen (secondary N) is 1. The highest BCUT2D eigenvalue weighted by Crippen LogP contribution is 2.18. The quantitative estimate of drug-likeness (QED) is 0.795. The van der Waals surface area contributed by atoms with Gasteiger partial charge in [-0.15, -0.1) is 0 Å². The van der Waals surface area contributed by atoms with Crippen molar-refractivity contribution < 1.29 is 22.0 Å². The molecule has 1 N–H and O–H groups in total. The summed E-state index contributed by atoms with van der Waals surface area (Å²) in [7, 11) is -2.22. The SMILES string of the molecule is CCCCN(C)S(=O)(=O)c1cccc(C(=O)Nc2ccc(F)c(F)c2)c1. The van der Waals surface area contributed by atoms with E-state index < -0.39 is 27.6 Å². The topological polar surface area (TPSA) is 66.5 Å². The lowest BCUT2D eigenvalue weighted by Gasteiger charge is -2.17. The van der Waals surface area contributed by atoms with Crippen molar-refractivity contribution in [1.82, 2.24) is 4.31 Å². The van der Waals surface area contributed by atoms with Crippen LogP contribution in [0.1, 0.15) is 30.1 Å². The molecule has 8 heteroatoms. The zero-order chi connectivity index (χ0) is 19.3. The van der Waals surface area contributed by atoms with E-state index in [2.05, 4.69) is 5.32 Å². The van der Waals surface area contributed by atoms with Gasteiger partial charge in [0.2, 0.25) is 10.0 Å². The molecule has 0 spiro atoms. The Morgan fingerprint density at radius 3 is 2.50 bits per heavy atom. The third-order valence-electron chi connectivity index (χ3n) is 3.81. The van der Waals surface area contributed by atoms with Crippen LogP contribution in [0.15, 0.2) is 47.4 Å². The van der Waals surface area contributed by atoms with Crippen LogP contribution < -0.4 is 5.32 Å². The summed E-state index contributed by atoms with van der Waals surface area (Å²) in [4.78, 5) is 12.3. The number of amides is 1. The number of carbonyl (C=O) groups excluding carboxylic acids is 1. The summed E-state index contributed by atoms with van der Waals surface area (Å²) in [5, 5.41) is 2.41. The second-order valence-electron chi connectivity index (χ2n) is 5.79. The van der Waals surface area contributed by atoms with Crippen LogP contribution in [0.3, 0.4) is 0 Å². The highest BCUT2D eigenvalue weighted by molar-refractivity contribution is 7.89. The maximum absolute atomic E-state index is 13.2. The van der Waals surface area contributed by atoms with Gasteiger partial charge in [0.25, 0.3) is 5.91 Å². The summed E-state index contributed by atoms with van der Waals surface area (Å²) in [5.74, 6) is -2.73.